The van der Waals surface area contributed by atoms with Crippen LogP contribution in [0, 0.1) is 13.8 Å². The van der Waals surface area contributed by atoms with Gasteiger partial charge in [-0.15, -0.1) is 0 Å². The average molecular weight is 323 g/mol. The molecule has 0 aromatic heterocycles. The summed E-state index contributed by atoms with van der Waals surface area (Å²) in [6, 6.07) is 13.1. The maximum absolute atomic E-state index is 6.27. The van der Waals surface area contributed by atoms with Crippen LogP contribution in [0.3, 0.4) is 0 Å². The first kappa shape index (κ1) is 16.7. The Kier molecular flexibility index (Phi) is 5.29. The molecule has 3 rings (SSSR count). The lowest BCUT2D eigenvalue weighted by atomic mass is 10.1. The number of hydrogen-bond donors (Lipinski definition) is 2. The Morgan fingerprint density at radius 2 is 1.79 bits per heavy atom. The van der Waals surface area contributed by atoms with Crippen molar-refractivity contribution in [3.05, 3.63) is 53.1 Å². The monoisotopic (exact) mass is 323 g/mol. The van der Waals surface area contributed by atoms with E-state index in [4.69, 9.17) is 5.73 Å². The third kappa shape index (κ3) is 4.02. The zero-order valence-electron chi connectivity index (χ0n) is 14.9. The van der Waals surface area contributed by atoms with Crippen LogP contribution in [-0.4, -0.2) is 19.6 Å². The molecule has 0 aliphatic carbocycles. The molecule has 0 spiro atoms. The molecule has 3 nitrogen and oxygen atoms in total. The molecule has 1 heterocycles. The van der Waals surface area contributed by atoms with Gasteiger partial charge in [-0.2, -0.15) is 0 Å². The highest BCUT2D eigenvalue weighted by Crippen LogP contribution is 2.28. The number of anilines is 3. The first-order valence-corrected chi connectivity index (χ1v) is 9.08. The van der Waals surface area contributed by atoms with Crippen LogP contribution in [0.4, 0.5) is 17.1 Å². The zero-order chi connectivity index (χ0) is 16.9. The molecule has 0 radical (unpaired) electrons. The van der Waals surface area contributed by atoms with Crippen molar-refractivity contribution in [2.75, 3.05) is 35.6 Å². The Hall–Kier alpha value is -2.16. The van der Waals surface area contributed by atoms with E-state index in [0.29, 0.717) is 0 Å². The van der Waals surface area contributed by atoms with E-state index >= 15 is 0 Å². The van der Waals surface area contributed by atoms with Crippen LogP contribution in [0.2, 0.25) is 0 Å². The van der Waals surface area contributed by atoms with Gasteiger partial charge in [0.15, 0.2) is 0 Å². The second-order valence-electron chi connectivity index (χ2n) is 6.92. The lowest BCUT2D eigenvalue weighted by molar-refractivity contribution is 0.862. The van der Waals surface area contributed by atoms with Gasteiger partial charge in [0.05, 0.1) is 11.4 Å². The molecule has 0 unspecified atom stereocenters. The Morgan fingerprint density at radius 1 is 1.00 bits per heavy atom. The van der Waals surface area contributed by atoms with Crippen LogP contribution in [-0.2, 0) is 6.42 Å². The van der Waals surface area contributed by atoms with Crippen molar-refractivity contribution in [1.82, 2.24) is 0 Å². The van der Waals surface area contributed by atoms with Crippen LogP contribution in [0.25, 0.3) is 0 Å². The SMILES string of the molecule is Cc1ccc(NCCCc2ccc(N3CCCC3)c(N)c2)cc1C. The second kappa shape index (κ2) is 7.61. The second-order valence-corrected chi connectivity index (χ2v) is 6.92. The fraction of sp³-hybridized carbons (Fsp3) is 0.429. The minimum Gasteiger partial charge on any atom is -0.397 e. The minimum atomic E-state index is 0.927. The van der Waals surface area contributed by atoms with Crippen LogP contribution in [0.15, 0.2) is 36.4 Å². The van der Waals surface area contributed by atoms with Gasteiger partial charge < -0.3 is 16.0 Å². The van der Waals surface area contributed by atoms with Gasteiger partial charge in [-0.1, -0.05) is 12.1 Å². The summed E-state index contributed by atoms with van der Waals surface area (Å²) >= 11 is 0. The molecule has 1 aliphatic heterocycles. The predicted octanol–water partition coefficient (Wildman–Crippen LogP) is 4.53. The van der Waals surface area contributed by atoms with Gasteiger partial charge in [-0.3, -0.25) is 0 Å². The summed E-state index contributed by atoms with van der Waals surface area (Å²) < 4.78 is 0. The van der Waals surface area contributed by atoms with Crippen LogP contribution >= 0.6 is 0 Å². The first-order chi connectivity index (χ1) is 11.6. The van der Waals surface area contributed by atoms with Crippen molar-refractivity contribution in [3.8, 4) is 0 Å². The van der Waals surface area contributed by atoms with E-state index in [-0.39, 0.29) is 0 Å². The van der Waals surface area contributed by atoms with Gasteiger partial charge in [0.25, 0.3) is 0 Å². The molecule has 24 heavy (non-hydrogen) atoms. The molecule has 2 aromatic rings. The van der Waals surface area contributed by atoms with E-state index in [1.807, 2.05) is 0 Å². The lowest BCUT2D eigenvalue weighted by Crippen LogP contribution is -2.19. The number of nitrogens with two attached hydrogens (primary N) is 1. The highest BCUT2D eigenvalue weighted by Gasteiger charge is 2.14. The van der Waals surface area contributed by atoms with E-state index in [1.165, 1.54) is 40.9 Å². The van der Waals surface area contributed by atoms with E-state index < -0.39 is 0 Å². The number of aryl methyl sites for hydroxylation is 3. The molecule has 3 heteroatoms. The van der Waals surface area contributed by atoms with Crippen molar-refractivity contribution in [3.63, 3.8) is 0 Å². The average Bonchev–Trinajstić information content (AvgIpc) is 3.09. The van der Waals surface area contributed by atoms with Crippen molar-refractivity contribution in [2.24, 2.45) is 0 Å². The van der Waals surface area contributed by atoms with Gasteiger partial charge in [0, 0.05) is 25.3 Å². The van der Waals surface area contributed by atoms with Gasteiger partial charge in [0.2, 0.25) is 0 Å². The van der Waals surface area contributed by atoms with E-state index in [0.717, 1.165) is 38.2 Å². The van der Waals surface area contributed by atoms with Crippen molar-refractivity contribution < 1.29 is 0 Å². The summed E-state index contributed by atoms with van der Waals surface area (Å²) in [5, 5.41) is 3.51. The molecule has 128 valence electrons. The molecule has 0 atom stereocenters. The van der Waals surface area contributed by atoms with Gasteiger partial charge in [-0.25, -0.2) is 0 Å². The molecule has 0 amide bonds. The quantitative estimate of drug-likeness (QED) is 0.606. The molecule has 0 bridgehead atoms. The van der Waals surface area contributed by atoms with E-state index in [1.54, 1.807) is 0 Å². The summed E-state index contributed by atoms with van der Waals surface area (Å²) in [5.74, 6) is 0. The maximum Gasteiger partial charge on any atom is 0.0600 e. The molecule has 1 aliphatic rings. The Labute approximate surface area is 145 Å². The molecule has 2 aromatic carbocycles. The van der Waals surface area contributed by atoms with Gasteiger partial charge >= 0.3 is 0 Å². The normalized spacial score (nSPS) is 14.2. The van der Waals surface area contributed by atoms with Crippen LogP contribution < -0.4 is 16.0 Å². The topological polar surface area (TPSA) is 41.3 Å². The predicted molar refractivity (Wildman–Crippen MR) is 105 cm³/mol. The summed E-state index contributed by atoms with van der Waals surface area (Å²) in [6.45, 7) is 7.57. The third-order valence-corrected chi connectivity index (χ3v) is 5.02. The highest BCUT2D eigenvalue weighted by molar-refractivity contribution is 5.68. The standard InChI is InChI=1S/C21H29N3/c1-16-7-9-19(14-17(16)2)23-11-5-6-18-8-10-21(20(22)15-18)24-12-3-4-13-24/h7-10,14-15,23H,3-6,11-13,22H2,1-2H3. The molecular weight excluding hydrogens is 294 g/mol. The zero-order valence-corrected chi connectivity index (χ0v) is 14.9. The molecule has 1 saturated heterocycles. The number of rotatable bonds is 6. The highest BCUT2D eigenvalue weighted by atomic mass is 15.1. The Bertz CT molecular complexity index is 687. The number of nitrogens with zero attached hydrogens (tertiary/aromatic N) is 1. The third-order valence-electron chi connectivity index (χ3n) is 5.02. The minimum absolute atomic E-state index is 0.927. The van der Waals surface area contributed by atoms with Crippen molar-refractivity contribution >= 4 is 17.1 Å². The summed E-state index contributed by atoms with van der Waals surface area (Å²) in [7, 11) is 0. The first-order valence-electron chi connectivity index (χ1n) is 9.08. The van der Waals surface area contributed by atoms with Gasteiger partial charge in [0.1, 0.15) is 0 Å². The van der Waals surface area contributed by atoms with Gasteiger partial charge in [-0.05, 0) is 80.5 Å². The number of nitrogen functional groups attached to an aromatic ring is 1. The molecular formula is C21H29N3. The maximum atomic E-state index is 6.27. The fourth-order valence-electron chi connectivity index (χ4n) is 3.38. The molecule has 1 fully saturated rings. The van der Waals surface area contributed by atoms with E-state index in [2.05, 4.69) is 60.5 Å². The fourth-order valence-corrected chi connectivity index (χ4v) is 3.38. The molecule has 3 N–H and O–H groups in total. The molecule has 0 saturated carbocycles. The summed E-state index contributed by atoms with van der Waals surface area (Å²) in [4.78, 5) is 2.40. The lowest BCUT2D eigenvalue weighted by Gasteiger charge is -2.20. The van der Waals surface area contributed by atoms with E-state index in [9.17, 15) is 0 Å². The largest absolute Gasteiger partial charge is 0.397 e. The Balaban J connectivity index is 1.49. The summed E-state index contributed by atoms with van der Waals surface area (Å²) in [6.07, 6.45) is 4.73. The Morgan fingerprint density at radius 3 is 2.50 bits per heavy atom. The van der Waals surface area contributed by atoms with Crippen molar-refractivity contribution in [2.45, 2.75) is 39.5 Å². The van der Waals surface area contributed by atoms with Crippen LogP contribution in [0.5, 0.6) is 0 Å². The number of nitrogens with one attached hydrogen (secondary N) is 1. The number of hydrogen-bond acceptors (Lipinski definition) is 3. The van der Waals surface area contributed by atoms with Crippen molar-refractivity contribution in [1.29, 1.82) is 0 Å². The van der Waals surface area contributed by atoms with Crippen LogP contribution in [0.1, 0.15) is 36.0 Å². The smallest absolute Gasteiger partial charge is 0.0600 e. The number of benzene rings is 2. The summed E-state index contributed by atoms with van der Waals surface area (Å²) in [5.41, 5.74) is 13.6.